The van der Waals surface area contributed by atoms with E-state index in [2.05, 4.69) is 0 Å². The van der Waals surface area contributed by atoms with Gasteiger partial charge in [-0.1, -0.05) is 47.5 Å². The van der Waals surface area contributed by atoms with Gasteiger partial charge in [0.1, 0.15) is 5.66 Å². The normalized spacial score (nSPS) is 14.1. The Morgan fingerprint density at radius 1 is 1.00 bits per heavy atom. The van der Waals surface area contributed by atoms with Crippen LogP contribution in [-0.4, -0.2) is 11.5 Å². The molecule has 0 aliphatic rings. The molecule has 1 N–H and O–H groups in total. The van der Waals surface area contributed by atoms with Crippen molar-refractivity contribution in [1.29, 1.82) is 0 Å². The highest BCUT2D eigenvalue weighted by Gasteiger charge is 2.35. The zero-order chi connectivity index (χ0) is 15.5. The van der Waals surface area contributed by atoms with Crippen LogP contribution in [-0.2, 0) is 9.09 Å². The van der Waals surface area contributed by atoms with Gasteiger partial charge >= 0.3 is 7.60 Å². The highest BCUT2D eigenvalue weighted by Crippen LogP contribution is 2.59. The molecular formula is C15H15Cl2O3P. The molecule has 0 spiro atoms. The highest BCUT2D eigenvalue weighted by molar-refractivity contribution is 7.53. The fourth-order valence-electron chi connectivity index (χ4n) is 2.12. The minimum Gasteiger partial charge on any atom is -0.324 e. The molecule has 3 nitrogen and oxygen atoms in total. The third kappa shape index (κ3) is 4.09. The fourth-order valence-corrected chi connectivity index (χ4v) is 3.99. The van der Waals surface area contributed by atoms with E-state index in [1.807, 2.05) is 0 Å². The molecule has 0 saturated carbocycles. The molecule has 0 aromatic heterocycles. The van der Waals surface area contributed by atoms with Crippen molar-refractivity contribution in [3.63, 3.8) is 0 Å². The van der Waals surface area contributed by atoms with Gasteiger partial charge in [0.15, 0.2) is 0 Å². The van der Waals surface area contributed by atoms with Crippen LogP contribution in [0.4, 0.5) is 0 Å². The summed E-state index contributed by atoms with van der Waals surface area (Å²) in [4.78, 5) is 10.3. The van der Waals surface area contributed by atoms with Crippen molar-refractivity contribution in [2.75, 3.05) is 6.61 Å². The molecule has 6 heteroatoms. The smallest absolute Gasteiger partial charge is 0.324 e. The summed E-state index contributed by atoms with van der Waals surface area (Å²) in [5.74, 6) is 0. The maximum atomic E-state index is 12.6. The molecule has 2 aromatic rings. The van der Waals surface area contributed by atoms with Crippen LogP contribution in [0.15, 0.2) is 48.5 Å². The van der Waals surface area contributed by atoms with Crippen LogP contribution in [0.25, 0.3) is 0 Å². The van der Waals surface area contributed by atoms with Gasteiger partial charge in [-0.25, -0.2) is 0 Å². The van der Waals surface area contributed by atoms with Gasteiger partial charge in [0, 0.05) is 10.0 Å². The van der Waals surface area contributed by atoms with Crippen molar-refractivity contribution in [2.24, 2.45) is 0 Å². The number of hydrogen-bond donors (Lipinski definition) is 1. The zero-order valence-electron chi connectivity index (χ0n) is 11.4. The van der Waals surface area contributed by atoms with Crippen molar-refractivity contribution in [3.05, 3.63) is 69.7 Å². The van der Waals surface area contributed by atoms with Gasteiger partial charge in [-0.05, 0) is 42.3 Å². The molecule has 0 radical (unpaired) electrons. The molecule has 0 amide bonds. The quantitative estimate of drug-likeness (QED) is 0.748. The average Bonchev–Trinajstić information content (AvgIpc) is 2.43. The lowest BCUT2D eigenvalue weighted by atomic mass is 10.0. The van der Waals surface area contributed by atoms with E-state index in [9.17, 15) is 9.46 Å². The number of hydrogen-bond acceptors (Lipinski definition) is 2. The maximum Gasteiger partial charge on any atom is 0.339 e. The van der Waals surface area contributed by atoms with Crippen LogP contribution in [0.3, 0.4) is 0 Å². The van der Waals surface area contributed by atoms with Gasteiger partial charge in [0.05, 0.1) is 6.61 Å². The molecule has 0 saturated heterocycles. The largest absolute Gasteiger partial charge is 0.339 e. The Hall–Kier alpha value is -0.830. The van der Waals surface area contributed by atoms with Crippen molar-refractivity contribution < 1.29 is 14.0 Å². The first kappa shape index (κ1) is 16.5. The van der Waals surface area contributed by atoms with E-state index in [4.69, 9.17) is 27.7 Å². The molecular weight excluding hydrogens is 330 g/mol. The Morgan fingerprint density at radius 3 is 1.71 bits per heavy atom. The Bertz CT molecular complexity index is 595. The van der Waals surface area contributed by atoms with Gasteiger partial charge < -0.3 is 9.42 Å². The number of rotatable bonds is 5. The minimum absolute atomic E-state index is 0.158. The summed E-state index contributed by atoms with van der Waals surface area (Å²) in [6.07, 6.45) is 0. The van der Waals surface area contributed by atoms with E-state index in [0.717, 1.165) is 0 Å². The zero-order valence-corrected chi connectivity index (χ0v) is 13.8. The lowest BCUT2D eigenvalue weighted by Crippen LogP contribution is -2.05. The molecule has 0 aliphatic carbocycles. The van der Waals surface area contributed by atoms with Gasteiger partial charge in [-0.15, -0.1) is 0 Å². The van der Waals surface area contributed by atoms with Gasteiger partial charge in [-0.3, -0.25) is 4.57 Å². The van der Waals surface area contributed by atoms with Crippen molar-refractivity contribution in [2.45, 2.75) is 12.6 Å². The van der Waals surface area contributed by atoms with Crippen molar-refractivity contribution in [3.8, 4) is 0 Å². The van der Waals surface area contributed by atoms with E-state index in [1.54, 1.807) is 55.5 Å². The first-order chi connectivity index (χ1) is 9.94. The number of halogens is 2. The Kier molecular flexibility index (Phi) is 5.48. The summed E-state index contributed by atoms with van der Waals surface area (Å²) in [7, 11) is -3.86. The van der Waals surface area contributed by atoms with Crippen molar-refractivity contribution >= 4 is 30.8 Å². The van der Waals surface area contributed by atoms with Crippen LogP contribution in [0.2, 0.25) is 10.0 Å². The van der Waals surface area contributed by atoms with Gasteiger partial charge in [0.25, 0.3) is 0 Å². The summed E-state index contributed by atoms with van der Waals surface area (Å²) < 4.78 is 17.7. The summed E-state index contributed by atoms with van der Waals surface area (Å²) in [6, 6.07) is 13.6. The maximum absolute atomic E-state index is 12.6. The third-order valence-corrected chi connectivity index (χ3v) is 5.39. The van der Waals surface area contributed by atoms with Gasteiger partial charge in [-0.2, -0.15) is 0 Å². The predicted octanol–water partition coefficient (Wildman–Crippen LogP) is 5.30. The second-order valence-corrected chi connectivity index (χ2v) is 7.26. The molecule has 21 heavy (non-hydrogen) atoms. The first-order valence-electron chi connectivity index (χ1n) is 6.42. The van der Waals surface area contributed by atoms with Crippen LogP contribution >= 0.6 is 30.8 Å². The SMILES string of the molecule is CCOP(=O)(O)C(c1ccc(Cl)cc1)c1ccc(Cl)cc1. The van der Waals surface area contributed by atoms with Crippen LogP contribution in [0.1, 0.15) is 23.7 Å². The highest BCUT2D eigenvalue weighted by atomic mass is 35.5. The Labute approximate surface area is 134 Å². The molecule has 0 bridgehead atoms. The molecule has 0 heterocycles. The van der Waals surface area contributed by atoms with E-state index in [0.29, 0.717) is 21.2 Å². The topological polar surface area (TPSA) is 46.5 Å². The molecule has 0 aliphatic heterocycles. The van der Waals surface area contributed by atoms with Gasteiger partial charge in [0.2, 0.25) is 0 Å². The molecule has 0 fully saturated rings. The monoisotopic (exact) mass is 344 g/mol. The second kappa shape index (κ2) is 6.95. The van der Waals surface area contributed by atoms with E-state index in [1.165, 1.54) is 0 Å². The molecule has 2 aromatic carbocycles. The van der Waals surface area contributed by atoms with E-state index < -0.39 is 13.3 Å². The number of benzene rings is 2. The van der Waals surface area contributed by atoms with Crippen LogP contribution < -0.4 is 0 Å². The van der Waals surface area contributed by atoms with Crippen LogP contribution in [0, 0.1) is 0 Å². The fraction of sp³-hybridized carbons (Fsp3) is 0.200. The molecule has 1 unspecified atom stereocenters. The van der Waals surface area contributed by atoms with E-state index >= 15 is 0 Å². The second-order valence-electron chi connectivity index (χ2n) is 4.49. The Morgan fingerprint density at radius 2 is 1.38 bits per heavy atom. The predicted molar refractivity (Wildman–Crippen MR) is 86.2 cm³/mol. The standard InChI is InChI=1S/C15H15Cl2O3P/c1-2-20-21(18,19)15(11-3-7-13(16)8-4-11)12-5-9-14(17)10-6-12/h3-10,15H,2H2,1H3,(H,18,19). The van der Waals surface area contributed by atoms with Crippen molar-refractivity contribution in [1.82, 2.24) is 0 Å². The molecule has 2 rings (SSSR count). The van der Waals surface area contributed by atoms with Crippen LogP contribution in [0.5, 0.6) is 0 Å². The summed E-state index contributed by atoms with van der Waals surface area (Å²) >= 11 is 11.8. The average molecular weight is 345 g/mol. The lowest BCUT2D eigenvalue weighted by molar-refractivity contribution is 0.268. The lowest BCUT2D eigenvalue weighted by Gasteiger charge is -2.23. The minimum atomic E-state index is -3.86. The Balaban J connectivity index is 2.51. The third-order valence-electron chi connectivity index (χ3n) is 3.01. The first-order valence-corrected chi connectivity index (χ1v) is 8.82. The molecule has 1 atom stereocenters. The summed E-state index contributed by atoms with van der Waals surface area (Å²) in [5.41, 5.74) is 0.564. The summed E-state index contributed by atoms with van der Waals surface area (Å²) in [6.45, 7) is 1.84. The molecule has 112 valence electrons. The summed E-state index contributed by atoms with van der Waals surface area (Å²) in [5, 5.41) is 1.13. The van der Waals surface area contributed by atoms with E-state index in [-0.39, 0.29) is 6.61 Å².